The quantitative estimate of drug-likeness (QED) is 0.836. The van der Waals surface area contributed by atoms with E-state index in [9.17, 15) is 4.79 Å². The second kappa shape index (κ2) is 5.28. The molecule has 1 saturated heterocycles. The molecule has 1 fully saturated rings. The lowest BCUT2D eigenvalue weighted by Crippen LogP contribution is -2.34. The molecule has 0 saturated carbocycles. The molecule has 0 spiro atoms. The SMILES string of the molecule is CC1(C(=O)Nc2ccc(C(N)=S)cc2)CCCS1. The summed E-state index contributed by atoms with van der Waals surface area (Å²) in [6.45, 7) is 2.00. The summed E-state index contributed by atoms with van der Waals surface area (Å²) in [6, 6.07) is 7.30. The lowest BCUT2D eigenvalue weighted by molar-refractivity contribution is -0.118. The fraction of sp³-hybridized carbons (Fsp3) is 0.385. The van der Waals surface area contributed by atoms with Gasteiger partial charge in [-0.15, -0.1) is 11.8 Å². The van der Waals surface area contributed by atoms with Crippen LogP contribution in [0.25, 0.3) is 0 Å². The highest BCUT2D eigenvalue weighted by Gasteiger charge is 2.37. The van der Waals surface area contributed by atoms with Gasteiger partial charge in [0.25, 0.3) is 0 Å². The topological polar surface area (TPSA) is 55.1 Å². The Bertz CT molecular complexity index is 464. The monoisotopic (exact) mass is 280 g/mol. The Morgan fingerprint density at radius 1 is 1.44 bits per heavy atom. The van der Waals surface area contributed by atoms with E-state index in [1.54, 1.807) is 11.8 Å². The van der Waals surface area contributed by atoms with E-state index in [0.29, 0.717) is 4.99 Å². The number of hydrogen-bond donors (Lipinski definition) is 2. The minimum Gasteiger partial charge on any atom is -0.389 e. The molecule has 1 aromatic rings. The molecule has 1 aliphatic heterocycles. The first-order chi connectivity index (χ1) is 8.51. The summed E-state index contributed by atoms with van der Waals surface area (Å²) in [6.07, 6.45) is 2.05. The van der Waals surface area contributed by atoms with Crippen LogP contribution in [0.15, 0.2) is 24.3 Å². The Morgan fingerprint density at radius 3 is 2.61 bits per heavy atom. The maximum Gasteiger partial charge on any atom is 0.240 e. The van der Waals surface area contributed by atoms with Crippen LogP contribution in [0.4, 0.5) is 5.69 Å². The molecule has 3 N–H and O–H groups in total. The van der Waals surface area contributed by atoms with E-state index < -0.39 is 0 Å². The standard InChI is InChI=1S/C13H16N2OS2/c1-13(7-2-8-18-13)12(16)15-10-5-3-9(4-6-10)11(14)17/h3-6H,2,7-8H2,1H3,(H2,14,17)(H,15,16). The third-order valence-electron chi connectivity index (χ3n) is 3.13. The normalized spacial score (nSPS) is 22.7. The van der Waals surface area contributed by atoms with Gasteiger partial charge in [0.2, 0.25) is 5.91 Å². The van der Waals surface area contributed by atoms with Gasteiger partial charge >= 0.3 is 0 Å². The zero-order valence-electron chi connectivity index (χ0n) is 10.2. The zero-order valence-corrected chi connectivity index (χ0v) is 11.9. The molecular formula is C13H16N2OS2. The number of nitrogens with two attached hydrogens (primary N) is 1. The number of carbonyl (C=O) groups excluding carboxylic acids is 1. The van der Waals surface area contributed by atoms with Crippen LogP contribution in [-0.2, 0) is 4.79 Å². The number of carbonyl (C=O) groups is 1. The van der Waals surface area contributed by atoms with Crippen LogP contribution in [0.1, 0.15) is 25.3 Å². The summed E-state index contributed by atoms with van der Waals surface area (Å²) in [5, 5.41) is 2.95. The number of hydrogen-bond acceptors (Lipinski definition) is 3. The molecule has 18 heavy (non-hydrogen) atoms. The molecule has 0 aromatic heterocycles. The summed E-state index contributed by atoms with van der Waals surface area (Å²) in [5.41, 5.74) is 7.12. The Balaban J connectivity index is 2.05. The van der Waals surface area contributed by atoms with Gasteiger partial charge in [0, 0.05) is 11.3 Å². The molecule has 0 radical (unpaired) electrons. The molecule has 0 aliphatic carbocycles. The van der Waals surface area contributed by atoms with Gasteiger partial charge < -0.3 is 11.1 Å². The van der Waals surface area contributed by atoms with Crippen LogP contribution in [0.5, 0.6) is 0 Å². The Hall–Kier alpha value is -1.07. The van der Waals surface area contributed by atoms with Crippen LogP contribution in [0.2, 0.25) is 0 Å². The van der Waals surface area contributed by atoms with Gasteiger partial charge in [-0.05, 0) is 49.8 Å². The summed E-state index contributed by atoms with van der Waals surface area (Å²) in [5.74, 6) is 1.14. The van der Waals surface area contributed by atoms with Gasteiger partial charge in [0.1, 0.15) is 4.99 Å². The highest BCUT2D eigenvalue weighted by molar-refractivity contribution is 8.01. The highest BCUT2D eigenvalue weighted by atomic mass is 32.2. The van der Waals surface area contributed by atoms with Crippen molar-refractivity contribution in [2.24, 2.45) is 5.73 Å². The van der Waals surface area contributed by atoms with Crippen LogP contribution >= 0.6 is 24.0 Å². The fourth-order valence-corrected chi connectivity index (χ4v) is 3.29. The van der Waals surface area contributed by atoms with Gasteiger partial charge in [0.05, 0.1) is 4.75 Å². The van der Waals surface area contributed by atoms with E-state index in [1.165, 1.54) is 0 Å². The third-order valence-corrected chi connectivity index (χ3v) is 4.88. The van der Waals surface area contributed by atoms with Crippen molar-refractivity contribution in [3.8, 4) is 0 Å². The van der Waals surface area contributed by atoms with Gasteiger partial charge in [-0.2, -0.15) is 0 Å². The summed E-state index contributed by atoms with van der Waals surface area (Å²) in [4.78, 5) is 12.5. The van der Waals surface area contributed by atoms with Crippen LogP contribution in [0.3, 0.4) is 0 Å². The van der Waals surface area contributed by atoms with Gasteiger partial charge in [0.15, 0.2) is 0 Å². The first kappa shape index (κ1) is 13.4. The predicted molar refractivity (Wildman–Crippen MR) is 81.1 cm³/mol. The van der Waals surface area contributed by atoms with Crippen molar-refractivity contribution in [3.05, 3.63) is 29.8 Å². The zero-order chi connectivity index (χ0) is 13.2. The highest BCUT2D eigenvalue weighted by Crippen LogP contribution is 2.38. The number of thiocarbonyl (C=S) groups is 1. The van der Waals surface area contributed by atoms with Crippen molar-refractivity contribution < 1.29 is 4.79 Å². The Kier molecular flexibility index (Phi) is 3.92. The molecule has 3 nitrogen and oxygen atoms in total. The largest absolute Gasteiger partial charge is 0.389 e. The van der Waals surface area contributed by atoms with Gasteiger partial charge in [-0.3, -0.25) is 4.79 Å². The van der Waals surface area contributed by atoms with Crippen LogP contribution in [-0.4, -0.2) is 21.4 Å². The van der Waals surface area contributed by atoms with Crippen molar-refractivity contribution in [2.45, 2.75) is 24.5 Å². The van der Waals surface area contributed by atoms with Gasteiger partial charge in [-0.25, -0.2) is 0 Å². The molecule has 1 heterocycles. The average Bonchev–Trinajstić information content (AvgIpc) is 2.78. The molecule has 1 aromatic carbocycles. The average molecular weight is 280 g/mol. The van der Waals surface area contributed by atoms with Crippen molar-refractivity contribution >= 4 is 40.6 Å². The number of thioether (sulfide) groups is 1. The maximum absolute atomic E-state index is 12.2. The second-order valence-electron chi connectivity index (χ2n) is 4.58. The van der Waals surface area contributed by atoms with Gasteiger partial charge in [-0.1, -0.05) is 12.2 Å². The first-order valence-corrected chi connectivity index (χ1v) is 7.26. The summed E-state index contributed by atoms with van der Waals surface area (Å²) < 4.78 is -0.290. The minimum absolute atomic E-state index is 0.0769. The lowest BCUT2D eigenvalue weighted by atomic mass is 10.0. The van der Waals surface area contributed by atoms with E-state index in [-0.39, 0.29) is 10.7 Å². The first-order valence-electron chi connectivity index (χ1n) is 5.86. The molecule has 2 rings (SSSR count). The minimum atomic E-state index is -0.290. The summed E-state index contributed by atoms with van der Waals surface area (Å²) in [7, 11) is 0. The lowest BCUT2D eigenvalue weighted by Gasteiger charge is -2.21. The number of amides is 1. The van der Waals surface area contributed by atoms with Crippen molar-refractivity contribution in [1.82, 2.24) is 0 Å². The maximum atomic E-state index is 12.2. The Labute approximate surface area is 117 Å². The number of nitrogens with one attached hydrogen (secondary N) is 1. The number of rotatable bonds is 3. The fourth-order valence-electron chi connectivity index (χ4n) is 1.94. The summed E-state index contributed by atoms with van der Waals surface area (Å²) >= 11 is 6.61. The van der Waals surface area contributed by atoms with E-state index in [4.69, 9.17) is 18.0 Å². The molecule has 1 aliphatic rings. The van der Waals surface area contributed by atoms with Crippen molar-refractivity contribution in [1.29, 1.82) is 0 Å². The van der Waals surface area contributed by atoms with E-state index in [1.807, 2.05) is 31.2 Å². The Morgan fingerprint density at radius 2 is 2.11 bits per heavy atom. The number of benzene rings is 1. The molecule has 96 valence electrons. The molecular weight excluding hydrogens is 264 g/mol. The van der Waals surface area contributed by atoms with Crippen LogP contribution in [0, 0.1) is 0 Å². The second-order valence-corrected chi connectivity index (χ2v) is 6.62. The molecule has 1 amide bonds. The van der Waals surface area contributed by atoms with Crippen LogP contribution < -0.4 is 11.1 Å². The van der Waals surface area contributed by atoms with E-state index in [2.05, 4.69) is 5.32 Å². The molecule has 1 unspecified atom stereocenters. The molecule has 1 atom stereocenters. The number of anilines is 1. The van der Waals surface area contributed by atoms with Crippen molar-refractivity contribution in [2.75, 3.05) is 11.1 Å². The third kappa shape index (κ3) is 2.84. The molecule has 0 bridgehead atoms. The predicted octanol–water partition coefficient (Wildman–Crippen LogP) is 2.55. The smallest absolute Gasteiger partial charge is 0.240 e. The van der Waals surface area contributed by atoms with E-state index >= 15 is 0 Å². The van der Waals surface area contributed by atoms with E-state index in [0.717, 1.165) is 29.8 Å². The molecule has 5 heteroatoms. The van der Waals surface area contributed by atoms with Crippen molar-refractivity contribution in [3.63, 3.8) is 0 Å².